The summed E-state index contributed by atoms with van der Waals surface area (Å²) < 4.78 is 0. The van der Waals surface area contributed by atoms with Crippen molar-refractivity contribution in [2.45, 2.75) is 45.2 Å². The predicted octanol–water partition coefficient (Wildman–Crippen LogP) is 2.16. The first kappa shape index (κ1) is 19.2. The number of hydrogen-bond acceptors (Lipinski definition) is 3. The third kappa shape index (κ3) is 6.82. The zero-order valence-electron chi connectivity index (χ0n) is 14.5. The van der Waals surface area contributed by atoms with Crippen LogP contribution in [0.1, 0.15) is 32.3 Å². The highest BCUT2D eigenvalue weighted by Crippen LogP contribution is 2.12. The molecule has 0 aromatic heterocycles. The zero-order valence-corrected chi connectivity index (χ0v) is 14.5. The van der Waals surface area contributed by atoms with Crippen molar-refractivity contribution in [2.24, 2.45) is 5.92 Å². The molecule has 5 nitrogen and oxygen atoms in total. The Balaban J connectivity index is 2.78. The van der Waals surface area contributed by atoms with Crippen molar-refractivity contribution in [3.05, 3.63) is 35.9 Å². The largest absolute Gasteiger partial charge is 0.481 e. The van der Waals surface area contributed by atoms with Crippen molar-refractivity contribution < 1.29 is 14.7 Å². The third-order valence-electron chi connectivity index (χ3n) is 3.83. The number of likely N-dealkylation sites (N-methyl/N-ethyl adjacent to an activating group) is 1. The molecule has 1 amide bonds. The molecule has 0 radical (unpaired) electrons. The molecule has 0 heterocycles. The van der Waals surface area contributed by atoms with Crippen LogP contribution in [0.15, 0.2) is 30.3 Å². The van der Waals surface area contributed by atoms with E-state index in [0.717, 1.165) is 5.56 Å². The molecule has 2 N–H and O–H groups in total. The maximum Gasteiger partial charge on any atom is 0.303 e. The second-order valence-corrected chi connectivity index (χ2v) is 6.48. The van der Waals surface area contributed by atoms with Gasteiger partial charge in [-0.05, 0) is 38.4 Å². The summed E-state index contributed by atoms with van der Waals surface area (Å²) in [7, 11) is 3.77. The minimum atomic E-state index is -0.842. The molecule has 0 saturated heterocycles. The molecule has 2 unspecified atom stereocenters. The molecule has 0 spiro atoms. The summed E-state index contributed by atoms with van der Waals surface area (Å²) in [5.74, 6) is -0.705. The maximum atomic E-state index is 12.6. The number of nitrogens with one attached hydrogen (secondary N) is 1. The van der Waals surface area contributed by atoms with E-state index in [-0.39, 0.29) is 30.3 Å². The minimum absolute atomic E-state index is 0.0451. The first-order valence-corrected chi connectivity index (χ1v) is 8.03. The number of carbonyl (C=O) groups excluding carboxylic acids is 1. The van der Waals surface area contributed by atoms with E-state index in [1.54, 1.807) is 0 Å². The molecule has 5 heteroatoms. The average molecular weight is 320 g/mol. The molecule has 128 valence electrons. The number of benzene rings is 1. The van der Waals surface area contributed by atoms with Crippen LogP contribution in [0, 0.1) is 5.92 Å². The lowest BCUT2D eigenvalue weighted by molar-refractivity contribution is -0.137. The molecular formula is C18H28N2O3. The summed E-state index contributed by atoms with van der Waals surface area (Å²) >= 11 is 0. The van der Waals surface area contributed by atoms with Gasteiger partial charge in [0.25, 0.3) is 0 Å². The van der Waals surface area contributed by atoms with Gasteiger partial charge in [-0.1, -0.05) is 44.2 Å². The second-order valence-electron chi connectivity index (χ2n) is 6.48. The number of amides is 1. The van der Waals surface area contributed by atoms with E-state index in [1.807, 2.05) is 63.2 Å². The smallest absolute Gasteiger partial charge is 0.303 e. The Morgan fingerprint density at radius 1 is 1.17 bits per heavy atom. The number of carboxylic acid groups (broad SMARTS) is 1. The van der Waals surface area contributed by atoms with E-state index < -0.39 is 5.97 Å². The summed E-state index contributed by atoms with van der Waals surface area (Å²) in [5.41, 5.74) is 1.09. The van der Waals surface area contributed by atoms with Crippen LogP contribution in [0.2, 0.25) is 0 Å². The molecule has 0 aliphatic carbocycles. The standard InChI is InChI=1S/C18H28N2O3/c1-13(2)17(20(3)4)18(23)19-15(10-11-16(21)22)12-14-8-6-5-7-9-14/h5-9,13,15,17H,10-12H2,1-4H3,(H,19,23)(H,21,22). The molecule has 1 aromatic rings. The Kier molecular flexibility index (Phi) is 7.75. The highest BCUT2D eigenvalue weighted by atomic mass is 16.4. The van der Waals surface area contributed by atoms with E-state index in [4.69, 9.17) is 5.11 Å². The van der Waals surface area contributed by atoms with Gasteiger partial charge >= 0.3 is 5.97 Å². The van der Waals surface area contributed by atoms with E-state index in [1.165, 1.54) is 0 Å². The number of carboxylic acids is 1. The molecular weight excluding hydrogens is 292 g/mol. The summed E-state index contributed by atoms with van der Waals surface area (Å²) in [4.78, 5) is 25.3. The van der Waals surface area contributed by atoms with Crippen molar-refractivity contribution in [1.29, 1.82) is 0 Å². The highest BCUT2D eigenvalue weighted by molar-refractivity contribution is 5.82. The number of hydrogen-bond donors (Lipinski definition) is 2. The van der Waals surface area contributed by atoms with Gasteiger partial charge in [0, 0.05) is 12.5 Å². The minimum Gasteiger partial charge on any atom is -0.481 e. The van der Waals surface area contributed by atoms with Crippen molar-refractivity contribution in [3.63, 3.8) is 0 Å². The van der Waals surface area contributed by atoms with Crippen molar-refractivity contribution in [1.82, 2.24) is 10.2 Å². The van der Waals surface area contributed by atoms with Crippen molar-refractivity contribution in [3.8, 4) is 0 Å². The van der Waals surface area contributed by atoms with Crippen LogP contribution in [-0.2, 0) is 16.0 Å². The van der Waals surface area contributed by atoms with Crippen molar-refractivity contribution in [2.75, 3.05) is 14.1 Å². The van der Waals surface area contributed by atoms with Gasteiger partial charge in [-0.3, -0.25) is 14.5 Å². The molecule has 0 aliphatic heterocycles. The summed E-state index contributed by atoms with van der Waals surface area (Å²) in [6.45, 7) is 4.02. The van der Waals surface area contributed by atoms with E-state index in [0.29, 0.717) is 12.8 Å². The molecule has 0 saturated carbocycles. The molecule has 1 aromatic carbocycles. The van der Waals surface area contributed by atoms with Gasteiger partial charge in [-0.15, -0.1) is 0 Å². The van der Waals surface area contributed by atoms with Crippen LogP contribution in [0.4, 0.5) is 0 Å². The van der Waals surface area contributed by atoms with Gasteiger partial charge < -0.3 is 10.4 Å². The molecule has 2 atom stereocenters. The van der Waals surface area contributed by atoms with Crippen LogP contribution in [0.5, 0.6) is 0 Å². The van der Waals surface area contributed by atoms with Crippen LogP contribution < -0.4 is 5.32 Å². The lowest BCUT2D eigenvalue weighted by Gasteiger charge is -2.29. The Bertz CT molecular complexity index is 492. The molecule has 0 bridgehead atoms. The maximum absolute atomic E-state index is 12.6. The Hall–Kier alpha value is -1.88. The SMILES string of the molecule is CC(C)C(C(=O)NC(CCC(=O)O)Cc1ccccc1)N(C)C. The van der Waals surface area contributed by atoms with Crippen molar-refractivity contribution >= 4 is 11.9 Å². The highest BCUT2D eigenvalue weighted by Gasteiger charge is 2.26. The number of nitrogens with zero attached hydrogens (tertiary/aromatic N) is 1. The monoisotopic (exact) mass is 320 g/mol. The first-order chi connectivity index (χ1) is 10.8. The molecule has 23 heavy (non-hydrogen) atoms. The predicted molar refractivity (Wildman–Crippen MR) is 91.3 cm³/mol. The first-order valence-electron chi connectivity index (χ1n) is 8.03. The lowest BCUT2D eigenvalue weighted by Crippen LogP contribution is -2.50. The fourth-order valence-electron chi connectivity index (χ4n) is 2.84. The lowest BCUT2D eigenvalue weighted by atomic mass is 9.98. The summed E-state index contributed by atoms with van der Waals surface area (Å²) in [6, 6.07) is 9.41. The fourth-order valence-corrected chi connectivity index (χ4v) is 2.84. The topological polar surface area (TPSA) is 69.6 Å². The third-order valence-corrected chi connectivity index (χ3v) is 3.83. The van der Waals surface area contributed by atoms with Gasteiger partial charge in [-0.2, -0.15) is 0 Å². The quantitative estimate of drug-likeness (QED) is 0.731. The van der Waals surface area contributed by atoms with Gasteiger partial charge in [-0.25, -0.2) is 0 Å². The second kappa shape index (κ2) is 9.30. The number of carbonyl (C=O) groups is 2. The van der Waals surface area contributed by atoms with Gasteiger partial charge in [0.05, 0.1) is 6.04 Å². The van der Waals surface area contributed by atoms with E-state index in [2.05, 4.69) is 5.32 Å². The number of aliphatic carboxylic acids is 1. The Labute approximate surface area is 138 Å². The average Bonchev–Trinajstić information content (AvgIpc) is 2.44. The van der Waals surface area contributed by atoms with Crippen LogP contribution in [-0.4, -0.2) is 48.1 Å². The Morgan fingerprint density at radius 2 is 1.78 bits per heavy atom. The normalized spacial score (nSPS) is 13.8. The van der Waals surface area contributed by atoms with Crippen LogP contribution in [0.3, 0.4) is 0 Å². The van der Waals surface area contributed by atoms with Gasteiger partial charge in [0.15, 0.2) is 0 Å². The van der Waals surface area contributed by atoms with Gasteiger partial charge in [0.1, 0.15) is 0 Å². The van der Waals surface area contributed by atoms with Gasteiger partial charge in [0.2, 0.25) is 5.91 Å². The zero-order chi connectivity index (χ0) is 17.4. The molecule has 0 fully saturated rings. The summed E-state index contributed by atoms with van der Waals surface area (Å²) in [5, 5.41) is 12.0. The summed E-state index contributed by atoms with van der Waals surface area (Å²) in [6.07, 6.45) is 1.11. The van der Waals surface area contributed by atoms with E-state index >= 15 is 0 Å². The number of rotatable bonds is 9. The molecule has 1 rings (SSSR count). The van der Waals surface area contributed by atoms with Crippen LogP contribution >= 0.6 is 0 Å². The van der Waals surface area contributed by atoms with Crippen LogP contribution in [0.25, 0.3) is 0 Å². The fraction of sp³-hybridized carbons (Fsp3) is 0.556. The Morgan fingerprint density at radius 3 is 2.26 bits per heavy atom. The van der Waals surface area contributed by atoms with E-state index in [9.17, 15) is 9.59 Å². The molecule has 0 aliphatic rings.